The summed E-state index contributed by atoms with van der Waals surface area (Å²) in [6.45, 7) is 1.95. The van der Waals surface area contributed by atoms with Gasteiger partial charge < -0.3 is 10.1 Å². The molecule has 0 radical (unpaired) electrons. The highest BCUT2D eigenvalue weighted by Gasteiger charge is 2.40. The van der Waals surface area contributed by atoms with Crippen molar-refractivity contribution < 1.29 is 14.3 Å². The lowest BCUT2D eigenvalue weighted by atomic mass is 10.2. The number of nitrogens with one attached hydrogen (secondary N) is 1. The number of ether oxygens (including phenoxy) is 1. The van der Waals surface area contributed by atoms with Crippen LogP contribution in [0.1, 0.15) is 5.56 Å². The maximum atomic E-state index is 12.8. The Labute approximate surface area is 154 Å². The van der Waals surface area contributed by atoms with Crippen LogP contribution in [0.2, 0.25) is 5.02 Å². The standard InChI is InChI=1S/C18H14Cl2N2O3/c1-10-3-6-12(7-4-10)21-16-15(20)17(23)22(18(16)24)13-9-11(19)5-8-14(13)25-2/h3-9,21H,1-2H3. The van der Waals surface area contributed by atoms with E-state index >= 15 is 0 Å². The summed E-state index contributed by atoms with van der Waals surface area (Å²) in [4.78, 5) is 26.3. The minimum atomic E-state index is -0.637. The van der Waals surface area contributed by atoms with E-state index in [0.29, 0.717) is 16.5 Å². The largest absolute Gasteiger partial charge is 0.495 e. The summed E-state index contributed by atoms with van der Waals surface area (Å²) in [7, 11) is 1.44. The third-order valence-corrected chi connectivity index (χ3v) is 4.32. The molecular weight excluding hydrogens is 363 g/mol. The average molecular weight is 377 g/mol. The number of methoxy groups -OCH3 is 1. The Kier molecular flexibility index (Phi) is 4.70. The molecule has 0 aromatic heterocycles. The monoisotopic (exact) mass is 376 g/mol. The normalized spacial score (nSPS) is 14.3. The van der Waals surface area contributed by atoms with Gasteiger partial charge in [0.05, 0.1) is 12.8 Å². The van der Waals surface area contributed by atoms with Gasteiger partial charge in [-0.15, -0.1) is 0 Å². The van der Waals surface area contributed by atoms with Crippen LogP contribution in [0, 0.1) is 6.92 Å². The quantitative estimate of drug-likeness (QED) is 0.816. The van der Waals surface area contributed by atoms with E-state index in [2.05, 4.69) is 5.32 Å². The van der Waals surface area contributed by atoms with E-state index in [1.165, 1.54) is 13.2 Å². The van der Waals surface area contributed by atoms with Crippen LogP contribution in [0.5, 0.6) is 5.75 Å². The third-order valence-electron chi connectivity index (χ3n) is 3.73. The second kappa shape index (κ2) is 6.78. The minimum Gasteiger partial charge on any atom is -0.495 e. The summed E-state index contributed by atoms with van der Waals surface area (Å²) in [6, 6.07) is 12.0. The highest BCUT2D eigenvalue weighted by molar-refractivity contribution is 6.53. The lowest BCUT2D eigenvalue weighted by Gasteiger charge is -2.18. The summed E-state index contributed by atoms with van der Waals surface area (Å²) < 4.78 is 5.22. The number of aryl methyl sites for hydroxylation is 1. The molecule has 0 atom stereocenters. The summed E-state index contributed by atoms with van der Waals surface area (Å²) in [5.74, 6) is -0.870. The van der Waals surface area contributed by atoms with Gasteiger partial charge in [0.2, 0.25) is 0 Å². The maximum Gasteiger partial charge on any atom is 0.283 e. The molecule has 2 amide bonds. The summed E-state index contributed by atoms with van der Waals surface area (Å²) in [5, 5.41) is 3.09. The molecule has 1 aliphatic heterocycles. The molecule has 2 aromatic rings. The smallest absolute Gasteiger partial charge is 0.283 e. The molecule has 1 aliphatic rings. The van der Waals surface area contributed by atoms with E-state index in [4.69, 9.17) is 27.9 Å². The van der Waals surface area contributed by atoms with Crippen molar-refractivity contribution in [1.29, 1.82) is 0 Å². The molecule has 0 aliphatic carbocycles. The third kappa shape index (κ3) is 3.21. The highest BCUT2D eigenvalue weighted by atomic mass is 35.5. The number of hydrogen-bond acceptors (Lipinski definition) is 4. The Morgan fingerprint density at radius 2 is 1.68 bits per heavy atom. The number of carbonyl (C=O) groups is 2. The van der Waals surface area contributed by atoms with Crippen molar-refractivity contribution in [2.45, 2.75) is 6.92 Å². The van der Waals surface area contributed by atoms with Crippen molar-refractivity contribution in [3.8, 4) is 5.75 Å². The van der Waals surface area contributed by atoms with Crippen LogP contribution in [0.25, 0.3) is 0 Å². The van der Waals surface area contributed by atoms with Crippen LogP contribution in [0.3, 0.4) is 0 Å². The molecule has 0 unspecified atom stereocenters. The Bertz CT molecular complexity index is 892. The van der Waals surface area contributed by atoms with Crippen molar-refractivity contribution in [2.24, 2.45) is 0 Å². The lowest BCUT2D eigenvalue weighted by molar-refractivity contribution is -0.120. The summed E-state index contributed by atoms with van der Waals surface area (Å²) in [6.07, 6.45) is 0. The first-order valence-corrected chi connectivity index (χ1v) is 8.13. The number of anilines is 2. The van der Waals surface area contributed by atoms with Gasteiger partial charge in [0, 0.05) is 10.7 Å². The number of hydrogen-bond donors (Lipinski definition) is 1. The second-order valence-corrected chi connectivity index (χ2v) is 6.26. The molecule has 7 heteroatoms. The van der Waals surface area contributed by atoms with E-state index < -0.39 is 11.8 Å². The molecular formula is C18H14Cl2N2O3. The van der Waals surface area contributed by atoms with E-state index in [-0.39, 0.29) is 16.4 Å². The number of rotatable bonds is 4. The van der Waals surface area contributed by atoms with Gasteiger partial charge in [-0.3, -0.25) is 9.59 Å². The Morgan fingerprint density at radius 1 is 1.00 bits per heavy atom. The van der Waals surface area contributed by atoms with Crippen LogP contribution < -0.4 is 15.0 Å². The number of halogens is 2. The predicted molar refractivity (Wildman–Crippen MR) is 98.2 cm³/mol. The number of benzene rings is 2. The van der Waals surface area contributed by atoms with Crippen molar-refractivity contribution >= 4 is 46.4 Å². The van der Waals surface area contributed by atoms with Crippen molar-refractivity contribution in [3.63, 3.8) is 0 Å². The van der Waals surface area contributed by atoms with Gasteiger partial charge in [-0.1, -0.05) is 40.9 Å². The fourth-order valence-electron chi connectivity index (χ4n) is 2.45. The van der Waals surface area contributed by atoms with Crippen LogP contribution in [-0.2, 0) is 9.59 Å². The zero-order chi connectivity index (χ0) is 18.1. The molecule has 25 heavy (non-hydrogen) atoms. The molecule has 0 bridgehead atoms. The molecule has 1 heterocycles. The average Bonchev–Trinajstić information content (AvgIpc) is 2.80. The van der Waals surface area contributed by atoms with E-state index in [0.717, 1.165) is 10.5 Å². The topological polar surface area (TPSA) is 58.6 Å². The van der Waals surface area contributed by atoms with Gasteiger partial charge in [-0.25, -0.2) is 4.90 Å². The number of carbonyl (C=O) groups excluding carboxylic acids is 2. The second-order valence-electron chi connectivity index (χ2n) is 5.44. The van der Waals surface area contributed by atoms with Crippen LogP contribution in [0.4, 0.5) is 11.4 Å². The zero-order valence-corrected chi connectivity index (χ0v) is 15.0. The zero-order valence-electron chi connectivity index (χ0n) is 13.5. The van der Waals surface area contributed by atoms with Crippen molar-refractivity contribution in [3.05, 3.63) is 63.8 Å². The lowest BCUT2D eigenvalue weighted by Crippen LogP contribution is -2.32. The van der Waals surface area contributed by atoms with Crippen molar-refractivity contribution in [1.82, 2.24) is 0 Å². The molecule has 1 N–H and O–H groups in total. The number of imide groups is 1. The van der Waals surface area contributed by atoms with Gasteiger partial charge in [0.1, 0.15) is 16.5 Å². The first-order chi connectivity index (χ1) is 11.9. The minimum absolute atomic E-state index is 0.0116. The van der Waals surface area contributed by atoms with Crippen LogP contribution in [0.15, 0.2) is 53.2 Å². The van der Waals surface area contributed by atoms with Gasteiger partial charge in [-0.05, 0) is 37.3 Å². The first kappa shape index (κ1) is 17.3. The molecule has 3 rings (SSSR count). The van der Waals surface area contributed by atoms with E-state index in [1.54, 1.807) is 24.3 Å². The molecule has 0 fully saturated rings. The fourth-order valence-corrected chi connectivity index (χ4v) is 2.83. The Balaban J connectivity index is 1.96. The first-order valence-electron chi connectivity index (χ1n) is 7.38. The summed E-state index contributed by atoms with van der Waals surface area (Å²) in [5.41, 5.74) is 1.98. The maximum absolute atomic E-state index is 12.8. The van der Waals surface area contributed by atoms with Gasteiger partial charge >= 0.3 is 0 Å². The van der Waals surface area contributed by atoms with Gasteiger partial charge in [0.25, 0.3) is 11.8 Å². The SMILES string of the molecule is COc1ccc(Cl)cc1N1C(=O)C(Cl)=C(Nc2ccc(C)cc2)C1=O. The Hall–Kier alpha value is -2.50. The predicted octanol–water partition coefficient (Wildman–Crippen LogP) is 4.09. The van der Waals surface area contributed by atoms with Crippen LogP contribution in [-0.4, -0.2) is 18.9 Å². The molecule has 0 saturated carbocycles. The molecule has 0 saturated heterocycles. The fraction of sp³-hybridized carbons (Fsp3) is 0.111. The van der Waals surface area contributed by atoms with E-state index in [1.807, 2.05) is 19.1 Å². The number of nitrogens with zero attached hydrogens (tertiary/aromatic N) is 1. The highest BCUT2D eigenvalue weighted by Crippen LogP contribution is 2.37. The van der Waals surface area contributed by atoms with Gasteiger partial charge in [0.15, 0.2) is 0 Å². The molecule has 128 valence electrons. The van der Waals surface area contributed by atoms with Gasteiger partial charge in [-0.2, -0.15) is 0 Å². The van der Waals surface area contributed by atoms with Crippen molar-refractivity contribution in [2.75, 3.05) is 17.3 Å². The molecule has 5 nitrogen and oxygen atoms in total. The molecule has 2 aromatic carbocycles. The van der Waals surface area contributed by atoms with Crippen LogP contribution >= 0.6 is 23.2 Å². The molecule has 0 spiro atoms. The summed E-state index contributed by atoms with van der Waals surface area (Å²) >= 11 is 12.1. The Morgan fingerprint density at radius 3 is 2.32 bits per heavy atom. The number of amides is 2. The van der Waals surface area contributed by atoms with E-state index in [9.17, 15) is 9.59 Å².